The van der Waals surface area contributed by atoms with Gasteiger partial charge < -0.3 is 15.0 Å². The number of nitrogens with zero attached hydrogens (tertiary/aromatic N) is 1. The highest BCUT2D eigenvalue weighted by Crippen LogP contribution is 2.29. The Labute approximate surface area is 153 Å². The van der Waals surface area contributed by atoms with Crippen molar-refractivity contribution >= 4 is 29.1 Å². The van der Waals surface area contributed by atoms with E-state index in [4.69, 9.17) is 16.3 Å². The monoisotopic (exact) mass is 364 g/mol. The van der Waals surface area contributed by atoms with Crippen LogP contribution < -0.4 is 5.32 Å². The van der Waals surface area contributed by atoms with Gasteiger partial charge in [-0.05, 0) is 57.7 Å². The first-order valence-corrected chi connectivity index (χ1v) is 9.36. The predicted molar refractivity (Wildman–Crippen MR) is 98.0 cm³/mol. The minimum atomic E-state index is -0.161. The molecule has 3 atom stereocenters. The van der Waals surface area contributed by atoms with Crippen LogP contribution in [0.15, 0.2) is 18.2 Å². The number of carbonyl (C=O) groups is 2. The van der Waals surface area contributed by atoms with Gasteiger partial charge in [-0.2, -0.15) is 0 Å². The van der Waals surface area contributed by atoms with Crippen molar-refractivity contribution in [2.75, 3.05) is 18.5 Å². The van der Waals surface area contributed by atoms with Gasteiger partial charge in [0.15, 0.2) is 0 Å². The van der Waals surface area contributed by atoms with Crippen LogP contribution in [-0.4, -0.2) is 42.0 Å². The number of nitrogens with one attached hydrogen (secondary N) is 1. The van der Waals surface area contributed by atoms with Crippen molar-refractivity contribution in [3.8, 4) is 0 Å². The number of amides is 2. The van der Waals surface area contributed by atoms with E-state index in [2.05, 4.69) is 19.2 Å². The van der Waals surface area contributed by atoms with E-state index in [-0.39, 0.29) is 29.8 Å². The topological polar surface area (TPSA) is 58.6 Å². The quantitative estimate of drug-likeness (QED) is 0.889. The molecule has 2 fully saturated rings. The number of hydrogen-bond donors (Lipinski definition) is 1. The molecule has 136 valence electrons. The second-order valence-corrected chi connectivity index (χ2v) is 7.52. The number of carbonyl (C=O) groups excluding carboxylic acids is 2. The lowest BCUT2D eigenvalue weighted by Gasteiger charge is -2.39. The van der Waals surface area contributed by atoms with Gasteiger partial charge in [-0.25, -0.2) is 0 Å². The van der Waals surface area contributed by atoms with Gasteiger partial charge in [-0.1, -0.05) is 11.6 Å². The predicted octanol–water partition coefficient (Wildman–Crippen LogP) is 3.72. The second-order valence-electron chi connectivity index (χ2n) is 7.08. The minimum Gasteiger partial charge on any atom is -0.381 e. The summed E-state index contributed by atoms with van der Waals surface area (Å²) >= 11 is 6.13. The van der Waals surface area contributed by atoms with Crippen LogP contribution in [0.3, 0.4) is 0 Å². The molecule has 2 aliphatic heterocycles. The summed E-state index contributed by atoms with van der Waals surface area (Å²) in [6, 6.07) is 5.42. The largest absolute Gasteiger partial charge is 0.381 e. The lowest BCUT2D eigenvalue weighted by atomic mass is 9.96. The Kier molecular flexibility index (Phi) is 5.64. The molecular formula is C19H25ClN2O3. The van der Waals surface area contributed by atoms with E-state index in [1.165, 1.54) is 0 Å². The molecule has 2 heterocycles. The molecule has 2 amide bonds. The van der Waals surface area contributed by atoms with E-state index < -0.39 is 0 Å². The van der Waals surface area contributed by atoms with Crippen LogP contribution in [0, 0.1) is 5.92 Å². The molecule has 6 heteroatoms. The van der Waals surface area contributed by atoms with Crippen molar-refractivity contribution in [3.63, 3.8) is 0 Å². The van der Waals surface area contributed by atoms with Gasteiger partial charge in [-0.15, -0.1) is 0 Å². The molecule has 2 aliphatic rings. The fourth-order valence-corrected chi connectivity index (χ4v) is 3.91. The standard InChI is InChI=1S/C19H25ClN2O3/c1-12-4-3-5-13(2)22(12)19(24)16-10-15(20)6-7-17(16)21-18(23)14-8-9-25-11-14/h6-7,10,12-14H,3-5,8-9,11H2,1-2H3,(H,21,23)/t12-,13-,14-/m1/s1. The summed E-state index contributed by atoms with van der Waals surface area (Å²) in [5, 5.41) is 3.39. The van der Waals surface area contributed by atoms with E-state index in [1.54, 1.807) is 18.2 Å². The van der Waals surface area contributed by atoms with Crippen molar-refractivity contribution in [2.24, 2.45) is 5.92 Å². The number of benzene rings is 1. The van der Waals surface area contributed by atoms with Crippen LogP contribution in [-0.2, 0) is 9.53 Å². The van der Waals surface area contributed by atoms with Gasteiger partial charge in [0.25, 0.3) is 5.91 Å². The van der Waals surface area contributed by atoms with E-state index in [9.17, 15) is 9.59 Å². The lowest BCUT2D eigenvalue weighted by Crippen LogP contribution is -2.47. The molecule has 0 aromatic heterocycles. The zero-order valence-electron chi connectivity index (χ0n) is 14.8. The molecule has 2 saturated heterocycles. The van der Waals surface area contributed by atoms with Gasteiger partial charge in [0.1, 0.15) is 0 Å². The van der Waals surface area contributed by atoms with Crippen molar-refractivity contribution < 1.29 is 14.3 Å². The highest BCUT2D eigenvalue weighted by atomic mass is 35.5. The molecule has 0 bridgehead atoms. The molecule has 1 aromatic carbocycles. The first kappa shape index (κ1) is 18.2. The maximum Gasteiger partial charge on any atom is 0.256 e. The smallest absolute Gasteiger partial charge is 0.256 e. The molecule has 0 saturated carbocycles. The number of ether oxygens (including phenoxy) is 1. The minimum absolute atomic E-state index is 0.0693. The first-order valence-electron chi connectivity index (χ1n) is 8.98. The Hall–Kier alpha value is -1.59. The van der Waals surface area contributed by atoms with Gasteiger partial charge in [0, 0.05) is 23.7 Å². The summed E-state index contributed by atoms with van der Waals surface area (Å²) in [4.78, 5) is 27.5. The number of anilines is 1. The highest BCUT2D eigenvalue weighted by molar-refractivity contribution is 6.31. The van der Waals surface area contributed by atoms with E-state index >= 15 is 0 Å². The highest BCUT2D eigenvalue weighted by Gasteiger charge is 2.32. The third-order valence-electron chi connectivity index (χ3n) is 5.20. The summed E-state index contributed by atoms with van der Waals surface area (Å²) in [7, 11) is 0. The summed E-state index contributed by atoms with van der Waals surface area (Å²) in [5.74, 6) is -0.333. The SMILES string of the molecule is C[C@@H]1CCC[C@@H](C)N1C(=O)c1cc(Cl)ccc1NC(=O)[C@@H]1CCOC1. The fraction of sp³-hybridized carbons (Fsp3) is 0.579. The van der Waals surface area contributed by atoms with Crippen molar-refractivity contribution in [3.05, 3.63) is 28.8 Å². The fourth-order valence-electron chi connectivity index (χ4n) is 3.74. The average Bonchev–Trinajstić information content (AvgIpc) is 3.11. The Balaban J connectivity index is 1.85. The Morgan fingerprint density at radius 2 is 1.92 bits per heavy atom. The van der Waals surface area contributed by atoms with E-state index in [0.29, 0.717) is 35.9 Å². The Bertz CT molecular complexity index is 648. The maximum absolute atomic E-state index is 13.2. The van der Waals surface area contributed by atoms with Gasteiger partial charge in [0.2, 0.25) is 5.91 Å². The second kappa shape index (κ2) is 7.75. The summed E-state index contributed by atoms with van der Waals surface area (Å²) in [5.41, 5.74) is 0.983. The molecule has 0 radical (unpaired) electrons. The molecule has 1 aromatic rings. The number of halogens is 1. The van der Waals surface area contributed by atoms with Crippen LogP contribution in [0.2, 0.25) is 5.02 Å². The first-order chi connectivity index (χ1) is 12.0. The molecule has 5 nitrogen and oxygen atoms in total. The summed E-state index contributed by atoms with van der Waals surface area (Å²) in [6.45, 7) is 5.19. The van der Waals surface area contributed by atoms with Gasteiger partial charge in [0.05, 0.1) is 23.8 Å². The van der Waals surface area contributed by atoms with Crippen LogP contribution in [0.5, 0.6) is 0 Å². The molecular weight excluding hydrogens is 340 g/mol. The van der Waals surface area contributed by atoms with Gasteiger partial charge in [-0.3, -0.25) is 9.59 Å². The maximum atomic E-state index is 13.2. The van der Waals surface area contributed by atoms with Crippen molar-refractivity contribution in [2.45, 2.75) is 51.6 Å². The molecule has 3 rings (SSSR count). The molecule has 1 N–H and O–H groups in total. The number of piperidine rings is 1. The zero-order valence-corrected chi connectivity index (χ0v) is 15.5. The zero-order chi connectivity index (χ0) is 18.0. The van der Waals surface area contributed by atoms with Crippen LogP contribution in [0.1, 0.15) is 49.9 Å². The van der Waals surface area contributed by atoms with Crippen LogP contribution >= 0.6 is 11.6 Å². The number of hydrogen-bond acceptors (Lipinski definition) is 3. The van der Waals surface area contributed by atoms with E-state index in [1.807, 2.05) is 4.90 Å². The van der Waals surface area contributed by atoms with Crippen molar-refractivity contribution in [1.82, 2.24) is 4.90 Å². The molecule has 25 heavy (non-hydrogen) atoms. The number of likely N-dealkylation sites (tertiary alicyclic amines) is 1. The molecule has 0 unspecified atom stereocenters. The van der Waals surface area contributed by atoms with Gasteiger partial charge >= 0.3 is 0 Å². The number of rotatable bonds is 3. The molecule has 0 aliphatic carbocycles. The summed E-state index contributed by atoms with van der Waals surface area (Å²) < 4.78 is 5.28. The normalized spacial score (nSPS) is 26.5. The lowest BCUT2D eigenvalue weighted by molar-refractivity contribution is -0.119. The summed E-state index contributed by atoms with van der Waals surface area (Å²) in [6.07, 6.45) is 3.84. The average molecular weight is 365 g/mol. The van der Waals surface area contributed by atoms with Crippen LogP contribution in [0.4, 0.5) is 5.69 Å². The third-order valence-corrected chi connectivity index (χ3v) is 5.43. The Morgan fingerprint density at radius 3 is 2.56 bits per heavy atom. The van der Waals surface area contributed by atoms with E-state index in [0.717, 1.165) is 19.3 Å². The Morgan fingerprint density at radius 1 is 1.20 bits per heavy atom. The van der Waals surface area contributed by atoms with Crippen LogP contribution in [0.25, 0.3) is 0 Å². The molecule has 0 spiro atoms. The third kappa shape index (κ3) is 3.98. The van der Waals surface area contributed by atoms with Crippen molar-refractivity contribution in [1.29, 1.82) is 0 Å².